The van der Waals surface area contributed by atoms with Crippen molar-refractivity contribution < 1.29 is 19.0 Å². The zero-order chi connectivity index (χ0) is 24.7. The Morgan fingerprint density at radius 1 is 1.14 bits per heavy atom. The highest BCUT2D eigenvalue weighted by molar-refractivity contribution is 5.79. The van der Waals surface area contributed by atoms with Crippen LogP contribution in [0.1, 0.15) is 72.1 Å². The summed E-state index contributed by atoms with van der Waals surface area (Å²) >= 11 is 0. The molecule has 0 aliphatic heterocycles. The summed E-state index contributed by atoms with van der Waals surface area (Å²) in [5.74, 6) is -0.494. The lowest BCUT2D eigenvalue weighted by atomic mass is 9.84. The number of hydrogen-bond acceptors (Lipinski definition) is 3. The molecule has 0 bridgehead atoms. The van der Waals surface area contributed by atoms with E-state index in [4.69, 9.17) is 4.74 Å². The van der Waals surface area contributed by atoms with Crippen molar-refractivity contribution in [3.8, 4) is 5.88 Å². The molecule has 3 aliphatic rings. The SMILES string of the molecule is Cc1ccccc1C1CC(C)(C)c2cc(F)c(COc3cc4c(cn3)C3(C)[C@@H](C4)[C@@H]3C(=O)O)cc21. The second-order valence-corrected chi connectivity index (χ2v) is 11.4. The molecule has 4 atom stereocenters. The van der Waals surface area contributed by atoms with Crippen LogP contribution in [0.5, 0.6) is 5.88 Å². The van der Waals surface area contributed by atoms with Crippen LogP contribution in [0, 0.1) is 24.6 Å². The Morgan fingerprint density at radius 2 is 1.91 bits per heavy atom. The van der Waals surface area contributed by atoms with Gasteiger partial charge in [0.05, 0.1) is 5.92 Å². The van der Waals surface area contributed by atoms with Crippen LogP contribution in [0.4, 0.5) is 4.39 Å². The minimum Gasteiger partial charge on any atom is -0.481 e. The molecule has 4 nitrogen and oxygen atoms in total. The third-order valence-corrected chi connectivity index (χ3v) is 8.94. The van der Waals surface area contributed by atoms with E-state index >= 15 is 4.39 Å². The van der Waals surface area contributed by atoms with Crippen molar-refractivity contribution in [2.45, 2.75) is 63.9 Å². The van der Waals surface area contributed by atoms with Crippen LogP contribution >= 0.6 is 0 Å². The third-order valence-electron chi connectivity index (χ3n) is 8.94. The van der Waals surface area contributed by atoms with E-state index < -0.39 is 5.97 Å². The van der Waals surface area contributed by atoms with Crippen LogP contribution in [0.15, 0.2) is 48.7 Å². The molecule has 3 aromatic rings. The number of halogens is 1. The first-order chi connectivity index (χ1) is 16.6. The molecule has 6 rings (SSSR count). The van der Waals surface area contributed by atoms with Gasteiger partial charge in [0.15, 0.2) is 0 Å². The molecule has 5 heteroatoms. The summed E-state index contributed by atoms with van der Waals surface area (Å²) < 4.78 is 21.2. The van der Waals surface area contributed by atoms with Crippen molar-refractivity contribution in [2.75, 3.05) is 0 Å². The maximum Gasteiger partial charge on any atom is 0.307 e. The predicted octanol–water partition coefficient (Wildman–Crippen LogP) is 6.07. The van der Waals surface area contributed by atoms with Gasteiger partial charge in [0, 0.05) is 29.2 Å². The molecule has 3 aliphatic carbocycles. The zero-order valence-corrected chi connectivity index (χ0v) is 20.6. The number of aliphatic carboxylic acids is 1. The number of fused-ring (bicyclic) bond motifs is 4. The molecule has 1 saturated carbocycles. The molecule has 0 saturated heterocycles. The Hall–Kier alpha value is -3.21. The molecule has 1 heterocycles. The van der Waals surface area contributed by atoms with E-state index in [2.05, 4.69) is 50.0 Å². The molecule has 1 fully saturated rings. The standard InChI is InChI=1S/C30H30FNO3/c1-16-7-5-6-8-19(16)21-13-29(2,3)22-12-25(31)18(9-20(21)22)15-35-26-11-17-10-23-27(28(33)34)30(23,4)24(17)14-32-26/h5-9,11-12,14,21,23,27H,10,13,15H2,1-4H3,(H,33,34)/t21?,23-,27+,30?/m0/s1. The maximum atomic E-state index is 15.2. The minimum absolute atomic E-state index is 0.101. The summed E-state index contributed by atoms with van der Waals surface area (Å²) in [6.45, 7) is 8.62. The van der Waals surface area contributed by atoms with E-state index in [1.54, 1.807) is 12.3 Å². The quantitative estimate of drug-likeness (QED) is 0.491. The van der Waals surface area contributed by atoms with Crippen molar-refractivity contribution in [1.82, 2.24) is 4.98 Å². The average molecular weight is 472 g/mol. The molecule has 0 radical (unpaired) electrons. The smallest absolute Gasteiger partial charge is 0.307 e. The number of pyridine rings is 1. The lowest BCUT2D eigenvalue weighted by Crippen LogP contribution is -2.13. The highest BCUT2D eigenvalue weighted by atomic mass is 19.1. The van der Waals surface area contributed by atoms with E-state index in [1.807, 2.05) is 19.1 Å². The van der Waals surface area contributed by atoms with Crippen molar-refractivity contribution in [2.24, 2.45) is 11.8 Å². The van der Waals surface area contributed by atoms with Gasteiger partial charge in [-0.1, -0.05) is 45.0 Å². The maximum absolute atomic E-state index is 15.2. The van der Waals surface area contributed by atoms with Crippen molar-refractivity contribution in [1.29, 1.82) is 0 Å². The first-order valence-corrected chi connectivity index (χ1v) is 12.3. The zero-order valence-electron chi connectivity index (χ0n) is 20.6. The fraction of sp³-hybridized carbons (Fsp3) is 0.400. The number of carboxylic acids is 1. The van der Waals surface area contributed by atoms with Gasteiger partial charge in [-0.3, -0.25) is 4.79 Å². The van der Waals surface area contributed by atoms with Crippen molar-refractivity contribution >= 4 is 5.97 Å². The van der Waals surface area contributed by atoms with Gasteiger partial charge in [-0.25, -0.2) is 9.37 Å². The minimum atomic E-state index is -0.734. The van der Waals surface area contributed by atoms with Gasteiger partial charge in [0.1, 0.15) is 12.4 Å². The molecular formula is C30H30FNO3. The molecule has 180 valence electrons. The molecule has 1 N–H and O–H groups in total. The largest absolute Gasteiger partial charge is 0.481 e. The summed E-state index contributed by atoms with van der Waals surface area (Å²) in [5, 5.41) is 9.47. The number of ether oxygens (including phenoxy) is 1. The predicted molar refractivity (Wildman–Crippen MR) is 131 cm³/mol. The molecular weight excluding hydrogens is 441 g/mol. The lowest BCUT2D eigenvalue weighted by molar-refractivity contribution is -0.139. The van der Waals surface area contributed by atoms with Gasteiger partial charge in [-0.2, -0.15) is 0 Å². The normalized spacial score (nSPS) is 27.2. The van der Waals surface area contributed by atoms with Crippen LogP contribution in [-0.2, 0) is 28.7 Å². The third kappa shape index (κ3) is 3.24. The van der Waals surface area contributed by atoms with Crippen LogP contribution in [0.25, 0.3) is 0 Å². The summed E-state index contributed by atoms with van der Waals surface area (Å²) in [6.07, 6.45) is 3.42. The van der Waals surface area contributed by atoms with E-state index in [9.17, 15) is 9.90 Å². The number of benzene rings is 2. The molecule has 0 spiro atoms. The fourth-order valence-electron chi connectivity index (χ4n) is 6.93. The fourth-order valence-corrected chi connectivity index (χ4v) is 6.93. The van der Waals surface area contributed by atoms with E-state index in [1.165, 1.54) is 16.7 Å². The Bertz CT molecular complexity index is 1380. The topological polar surface area (TPSA) is 59.4 Å². The monoisotopic (exact) mass is 471 g/mol. The lowest BCUT2D eigenvalue weighted by Gasteiger charge is -2.20. The number of rotatable bonds is 5. The summed E-state index contributed by atoms with van der Waals surface area (Å²) in [4.78, 5) is 16.0. The Kier molecular flexibility index (Phi) is 4.70. The van der Waals surface area contributed by atoms with E-state index in [-0.39, 0.29) is 41.0 Å². The second-order valence-electron chi connectivity index (χ2n) is 11.4. The second kappa shape index (κ2) is 7.39. The average Bonchev–Trinajstić information content (AvgIpc) is 3.17. The van der Waals surface area contributed by atoms with Gasteiger partial charge in [-0.15, -0.1) is 0 Å². The molecule has 0 amide bonds. The molecule has 1 aromatic heterocycles. The highest BCUT2D eigenvalue weighted by Gasteiger charge is 2.69. The summed E-state index contributed by atoms with van der Waals surface area (Å²) in [7, 11) is 0. The highest BCUT2D eigenvalue weighted by Crippen LogP contribution is 2.66. The summed E-state index contributed by atoms with van der Waals surface area (Å²) in [6, 6.07) is 14.0. The number of carboxylic acid groups (broad SMARTS) is 1. The van der Waals surface area contributed by atoms with Crippen LogP contribution in [-0.4, -0.2) is 16.1 Å². The molecule has 35 heavy (non-hydrogen) atoms. The number of aryl methyl sites for hydroxylation is 1. The van der Waals surface area contributed by atoms with Crippen LogP contribution in [0.3, 0.4) is 0 Å². The first-order valence-electron chi connectivity index (χ1n) is 12.3. The number of carbonyl (C=O) groups is 1. The Morgan fingerprint density at radius 3 is 2.66 bits per heavy atom. The number of aromatic nitrogens is 1. The van der Waals surface area contributed by atoms with Gasteiger partial charge in [0.25, 0.3) is 0 Å². The molecule has 2 unspecified atom stereocenters. The van der Waals surface area contributed by atoms with Gasteiger partial charge in [0.2, 0.25) is 5.88 Å². The summed E-state index contributed by atoms with van der Waals surface area (Å²) in [5.41, 5.74) is 7.01. The van der Waals surface area contributed by atoms with Gasteiger partial charge < -0.3 is 9.84 Å². The Balaban J connectivity index is 1.26. The van der Waals surface area contributed by atoms with Crippen molar-refractivity contribution in [3.05, 3.63) is 93.4 Å². The van der Waals surface area contributed by atoms with Crippen molar-refractivity contribution in [3.63, 3.8) is 0 Å². The number of nitrogens with zero attached hydrogens (tertiary/aromatic N) is 1. The van der Waals surface area contributed by atoms with E-state index in [0.29, 0.717) is 11.4 Å². The Labute approximate surface area is 205 Å². The van der Waals surface area contributed by atoms with E-state index in [0.717, 1.165) is 29.5 Å². The first kappa shape index (κ1) is 22.3. The van der Waals surface area contributed by atoms with Gasteiger partial charge in [-0.05, 0) is 76.6 Å². The van der Waals surface area contributed by atoms with Gasteiger partial charge >= 0.3 is 5.97 Å². The van der Waals surface area contributed by atoms with Crippen LogP contribution in [0.2, 0.25) is 0 Å². The van der Waals surface area contributed by atoms with Crippen LogP contribution < -0.4 is 4.74 Å². The molecule has 2 aromatic carbocycles. The number of hydrogen-bond donors (Lipinski definition) is 1.